The average molecular weight is 193 g/mol. The first kappa shape index (κ1) is 7.69. The smallest absolute Gasteiger partial charge is 0.143 e. The molecule has 3 unspecified atom stereocenters. The molecule has 3 atom stereocenters. The summed E-state index contributed by atoms with van der Waals surface area (Å²) in [6.07, 6.45) is 0.780. The van der Waals surface area contributed by atoms with Crippen LogP contribution in [0.15, 0.2) is 0 Å². The molecule has 11 heavy (non-hydrogen) atoms. The number of alkyl halides is 2. The zero-order chi connectivity index (χ0) is 8.22. The maximum atomic E-state index is 7.42. The fourth-order valence-electron chi connectivity index (χ4n) is 1.94. The molecule has 0 aromatic carbocycles. The van der Waals surface area contributed by atoms with Crippen LogP contribution >= 0.6 is 23.2 Å². The number of hydrogen-bond donors (Lipinski definition) is 2. The van der Waals surface area contributed by atoms with Gasteiger partial charge >= 0.3 is 0 Å². The zero-order valence-corrected chi connectivity index (χ0v) is 7.71. The minimum Gasteiger partial charge on any atom is -0.368 e. The van der Waals surface area contributed by atoms with Crippen LogP contribution in [-0.2, 0) is 0 Å². The summed E-state index contributed by atoms with van der Waals surface area (Å²) < 4.78 is -0.609. The van der Waals surface area contributed by atoms with Gasteiger partial charge in [0, 0.05) is 12.3 Å². The third-order valence-electron chi connectivity index (χ3n) is 2.58. The molecule has 1 saturated carbocycles. The molecule has 0 spiro atoms. The molecule has 1 saturated heterocycles. The number of nitrogens with one attached hydrogen (secondary N) is 2. The Hall–Kier alpha value is 0.0500. The summed E-state index contributed by atoms with van der Waals surface area (Å²) in [5.41, 5.74) is 0. The first-order valence-electron chi connectivity index (χ1n) is 3.75. The van der Waals surface area contributed by atoms with Gasteiger partial charge in [-0.2, -0.15) is 0 Å². The molecule has 62 valence electrons. The van der Waals surface area contributed by atoms with Crippen LogP contribution in [0.25, 0.3) is 0 Å². The van der Waals surface area contributed by atoms with Crippen molar-refractivity contribution in [3.63, 3.8) is 0 Å². The van der Waals surface area contributed by atoms with Crippen molar-refractivity contribution in [3.05, 3.63) is 0 Å². The third kappa shape index (κ3) is 0.960. The summed E-state index contributed by atoms with van der Waals surface area (Å²) in [6, 6.07) is 0.127. The van der Waals surface area contributed by atoms with Gasteiger partial charge in [-0.15, -0.1) is 0 Å². The number of rotatable bonds is 0. The molecule has 2 nitrogen and oxygen atoms in total. The van der Waals surface area contributed by atoms with E-state index in [-0.39, 0.29) is 6.04 Å². The second-order valence-electron chi connectivity index (χ2n) is 3.48. The number of fused-ring (bicyclic) bond motifs is 1. The lowest BCUT2D eigenvalue weighted by atomic mass is 9.98. The van der Waals surface area contributed by atoms with Crippen molar-refractivity contribution in [1.29, 1.82) is 5.41 Å². The van der Waals surface area contributed by atoms with Gasteiger partial charge in [-0.3, -0.25) is 5.41 Å². The predicted octanol–water partition coefficient (Wildman–Crippen LogP) is 1.77. The van der Waals surface area contributed by atoms with Crippen LogP contribution in [0, 0.1) is 17.2 Å². The summed E-state index contributed by atoms with van der Waals surface area (Å²) in [4.78, 5) is 0. The van der Waals surface area contributed by atoms with Crippen molar-refractivity contribution in [2.24, 2.45) is 11.8 Å². The minimum atomic E-state index is -0.609. The number of halogens is 2. The Morgan fingerprint density at radius 3 is 2.82 bits per heavy atom. The molecule has 0 bridgehead atoms. The van der Waals surface area contributed by atoms with Gasteiger partial charge in [-0.1, -0.05) is 30.1 Å². The molecule has 4 heteroatoms. The molecule has 0 radical (unpaired) electrons. The lowest BCUT2D eigenvalue weighted by Crippen LogP contribution is -2.34. The standard InChI is InChI=1S/C7H10Cl2N2/c1-3-2-4(10)11-6-5(3)7(6,8)9/h3,5-6H,2H2,1H3,(H2,10,11). The van der Waals surface area contributed by atoms with Gasteiger partial charge in [0.25, 0.3) is 0 Å². The molecular formula is C7H10Cl2N2. The third-order valence-corrected chi connectivity index (χ3v) is 3.55. The monoisotopic (exact) mass is 192 g/mol. The highest BCUT2D eigenvalue weighted by atomic mass is 35.5. The first-order valence-corrected chi connectivity index (χ1v) is 4.51. The molecule has 0 aromatic heterocycles. The highest BCUT2D eigenvalue weighted by molar-refractivity contribution is 6.52. The SMILES string of the molecule is CC1CC(=N)NC2C1C2(Cl)Cl. The topological polar surface area (TPSA) is 35.9 Å². The Morgan fingerprint density at radius 1 is 1.64 bits per heavy atom. The quantitative estimate of drug-likeness (QED) is 0.565. The Morgan fingerprint density at radius 2 is 2.27 bits per heavy atom. The molecule has 2 aliphatic rings. The maximum absolute atomic E-state index is 7.42. The second kappa shape index (κ2) is 2.05. The average Bonchev–Trinajstić information content (AvgIpc) is 2.34. The summed E-state index contributed by atoms with van der Waals surface area (Å²) >= 11 is 12.0. The Kier molecular flexibility index (Phi) is 1.43. The fraction of sp³-hybridized carbons (Fsp3) is 0.857. The van der Waals surface area contributed by atoms with Crippen molar-refractivity contribution in [3.8, 4) is 0 Å². The molecule has 0 amide bonds. The van der Waals surface area contributed by atoms with Gasteiger partial charge in [0.1, 0.15) is 4.33 Å². The molecule has 2 fully saturated rings. The predicted molar refractivity (Wildman–Crippen MR) is 46.4 cm³/mol. The molecule has 1 aliphatic carbocycles. The van der Waals surface area contributed by atoms with Crippen LogP contribution in [0.2, 0.25) is 0 Å². The van der Waals surface area contributed by atoms with Crippen molar-refractivity contribution >= 4 is 29.0 Å². The van der Waals surface area contributed by atoms with Crippen LogP contribution in [0.4, 0.5) is 0 Å². The number of piperidine rings is 1. The summed E-state index contributed by atoms with van der Waals surface area (Å²) in [5.74, 6) is 1.37. The molecule has 2 N–H and O–H groups in total. The van der Waals surface area contributed by atoms with E-state index in [0.29, 0.717) is 17.7 Å². The van der Waals surface area contributed by atoms with E-state index in [0.717, 1.165) is 6.42 Å². The number of amidine groups is 1. The molecular weight excluding hydrogens is 183 g/mol. The van der Waals surface area contributed by atoms with E-state index in [1.807, 2.05) is 0 Å². The van der Waals surface area contributed by atoms with Crippen molar-refractivity contribution in [2.45, 2.75) is 23.7 Å². The maximum Gasteiger partial charge on any atom is 0.143 e. The van der Waals surface area contributed by atoms with E-state index in [1.165, 1.54) is 0 Å². The van der Waals surface area contributed by atoms with Crippen LogP contribution < -0.4 is 5.32 Å². The highest BCUT2D eigenvalue weighted by Crippen LogP contribution is 2.59. The summed E-state index contributed by atoms with van der Waals surface area (Å²) in [5, 5.41) is 10.4. The van der Waals surface area contributed by atoms with Crippen LogP contribution in [-0.4, -0.2) is 16.2 Å². The van der Waals surface area contributed by atoms with Crippen LogP contribution in [0.3, 0.4) is 0 Å². The highest BCUT2D eigenvalue weighted by Gasteiger charge is 2.67. The lowest BCUT2D eigenvalue weighted by molar-refractivity contribution is 0.471. The van der Waals surface area contributed by atoms with Gasteiger partial charge in [-0.25, -0.2) is 0 Å². The largest absolute Gasteiger partial charge is 0.368 e. The van der Waals surface area contributed by atoms with Gasteiger partial charge in [0.15, 0.2) is 0 Å². The first-order chi connectivity index (χ1) is 5.03. The summed E-state index contributed by atoms with van der Waals surface area (Å²) in [7, 11) is 0. The van der Waals surface area contributed by atoms with Crippen molar-refractivity contribution < 1.29 is 0 Å². The molecule has 1 heterocycles. The minimum absolute atomic E-state index is 0.127. The van der Waals surface area contributed by atoms with E-state index < -0.39 is 4.33 Å². The lowest BCUT2D eigenvalue weighted by Gasteiger charge is -2.17. The Balaban J connectivity index is 2.17. The van der Waals surface area contributed by atoms with E-state index in [9.17, 15) is 0 Å². The van der Waals surface area contributed by atoms with E-state index in [2.05, 4.69) is 12.2 Å². The van der Waals surface area contributed by atoms with Crippen molar-refractivity contribution in [1.82, 2.24) is 5.32 Å². The molecule has 1 aliphatic heterocycles. The van der Waals surface area contributed by atoms with Gasteiger partial charge in [0.2, 0.25) is 0 Å². The Bertz CT molecular complexity index is 214. The number of hydrogen-bond acceptors (Lipinski definition) is 1. The van der Waals surface area contributed by atoms with Gasteiger partial charge < -0.3 is 5.32 Å². The van der Waals surface area contributed by atoms with Crippen LogP contribution in [0.1, 0.15) is 13.3 Å². The molecule has 2 rings (SSSR count). The normalized spacial score (nSPS) is 46.1. The summed E-state index contributed by atoms with van der Waals surface area (Å²) in [6.45, 7) is 2.10. The fourth-order valence-corrected chi connectivity index (χ4v) is 2.88. The van der Waals surface area contributed by atoms with Gasteiger partial charge in [0.05, 0.1) is 11.9 Å². The van der Waals surface area contributed by atoms with Crippen molar-refractivity contribution in [2.75, 3.05) is 0 Å². The van der Waals surface area contributed by atoms with E-state index in [1.54, 1.807) is 0 Å². The molecule has 0 aromatic rings. The zero-order valence-electron chi connectivity index (χ0n) is 6.20. The Labute approximate surface area is 75.8 Å². The van der Waals surface area contributed by atoms with Crippen LogP contribution in [0.5, 0.6) is 0 Å². The second-order valence-corrected chi connectivity index (χ2v) is 4.93. The van der Waals surface area contributed by atoms with E-state index >= 15 is 0 Å². The van der Waals surface area contributed by atoms with E-state index in [4.69, 9.17) is 28.6 Å². The van der Waals surface area contributed by atoms with Gasteiger partial charge in [-0.05, 0) is 5.92 Å².